The van der Waals surface area contributed by atoms with E-state index in [2.05, 4.69) is 16.6 Å². The van der Waals surface area contributed by atoms with E-state index in [1.165, 1.54) is 37.5 Å². The van der Waals surface area contributed by atoms with E-state index in [9.17, 15) is 13.2 Å². The molecular formula is C23H20N2O5S. The van der Waals surface area contributed by atoms with Gasteiger partial charge in [0.15, 0.2) is 0 Å². The molecule has 0 aliphatic carbocycles. The number of anilines is 1. The van der Waals surface area contributed by atoms with Crippen molar-refractivity contribution in [3.63, 3.8) is 0 Å². The van der Waals surface area contributed by atoms with E-state index in [-0.39, 0.29) is 11.4 Å². The van der Waals surface area contributed by atoms with Crippen LogP contribution in [0.1, 0.15) is 10.4 Å². The Morgan fingerprint density at radius 1 is 1.06 bits per heavy atom. The van der Waals surface area contributed by atoms with Crippen molar-refractivity contribution in [2.24, 2.45) is 0 Å². The highest BCUT2D eigenvalue weighted by atomic mass is 32.2. The second-order valence-corrected chi connectivity index (χ2v) is 8.53. The first-order chi connectivity index (χ1) is 14.9. The van der Waals surface area contributed by atoms with Crippen LogP contribution in [0.25, 0.3) is 21.9 Å². The van der Waals surface area contributed by atoms with Gasteiger partial charge in [-0.25, -0.2) is 13.1 Å². The number of carbonyl (C=O) groups excluding carboxylic acids is 1. The molecule has 4 rings (SSSR count). The Bertz CT molecular complexity index is 1390. The smallest absolute Gasteiger partial charge is 0.255 e. The van der Waals surface area contributed by atoms with Crippen molar-refractivity contribution in [2.45, 2.75) is 4.90 Å². The predicted molar refractivity (Wildman–Crippen MR) is 120 cm³/mol. The Hall–Kier alpha value is -3.62. The third kappa shape index (κ3) is 4.03. The molecule has 1 heterocycles. The van der Waals surface area contributed by atoms with Crippen molar-refractivity contribution in [1.82, 2.24) is 4.72 Å². The fourth-order valence-electron chi connectivity index (χ4n) is 3.25. The summed E-state index contributed by atoms with van der Waals surface area (Å²) in [5.74, 6) is 0.0805. The summed E-state index contributed by atoms with van der Waals surface area (Å²) in [5.41, 5.74) is 2.11. The number of nitrogens with one attached hydrogen (secondary N) is 2. The molecule has 4 aromatic rings. The lowest BCUT2D eigenvalue weighted by molar-refractivity contribution is 0.102. The van der Waals surface area contributed by atoms with Gasteiger partial charge in [-0.3, -0.25) is 4.79 Å². The number of methoxy groups -OCH3 is 1. The van der Waals surface area contributed by atoms with Crippen LogP contribution >= 0.6 is 0 Å². The van der Waals surface area contributed by atoms with Crippen molar-refractivity contribution in [2.75, 3.05) is 19.0 Å². The molecule has 0 spiro atoms. The van der Waals surface area contributed by atoms with Gasteiger partial charge in [-0.15, -0.1) is 6.58 Å². The van der Waals surface area contributed by atoms with Crippen molar-refractivity contribution >= 4 is 43.6 Å². The number of ether oxygens (including phenoxy) is 1. The van der Waals surface area contributed by atoms with Gasteiger partial charge in [-0.2, -0.15) is 0 Å². The molecule has 0 radical (unpaired) electrons. The molecule has 8 heteroatoms. The number of hydrogen-bond acceptors (Lipinski definition) is 5. The van der Waals surface area contributed by atoms with Crippen LogP contribution in [0.15, 0.2) is 82.6 Å². The van der Waals surface area contributed by atoms with Crippen LogP contribution in [0.4, 0.5) is 5.69 Å². The summed E-state index contributed by atoms with van der Waals surface area (Å²) in [6.07, 6.45) is 1.45. The summed E-state index contributed by atoms with van der Waals surface area (Å²) in [6, 6.07) is 16.8. The van der Waals surface area contributed by atoms with Gasteiger partial charge in [0.05, 0.1) is 17.7 Å². The molecule has 0 fully saturated rings. The van der Waals surface area contributed by atoms with Crippen LogP contribution in [0, 0.1) is 0 Å². The monoisotopic (exact) mass is 436 g/mol. The maximum atomic E-state index is 12.7. The summed E-state index contributed by atoms with van der Waals surface area (Å²) in [6.45, 7) is 3.60. The van der Waals surface area contributed by atoms with Gasteiger partial charge in [0.25, 0.3) is 5.91 Å². The number of rotatable bonds is 7. The third-order valence-corrected chi connectivity index (χ3v) is 6.23. The van der Waals surface area contributed by atoms with Crippen LogP contribution in [0.5, 0.6) is 5.75 Å². The fourth-order valence-corrected chi connectivity index (χ4v) is 4.25. The van der Waals surface area contributed by atoms with Gasteiger partial charge in [-0.1, -0.05) is 24.3 Å². The molecular weight excluding hydrogens is 416 g/mol. The van der Waals surface area contributed by atoms with Crippen molar-refractivity contribution in [1.29, 1.82) is 0 Å². The van der Waals surface area contributed by atoms with E-state index in [1.807, 2.05) is 30.3 Å². The Labute approximate surface area is 179 Å². The highest BCUT2D eigenvalue weighted by molar-refractivity contribution is 7.89. The van der Waals surface area contributed by atoms with Crippen molar-refractivity contribution in [3.05, 3.63) is 78.9 Å². The van der Waals surface area contributed by atoms with Crippen molar-refractivity contribution < 1.29 is 22.4 Å². The quantitative estimate of drug-likeness (QED) is 0.421. The largest absolute Gasteiger partial charge is 0.495 e. The lowest BCUT2D eigenvalue weighted by Crippen LogP contribution is -2.23. The topological polar surface area (TPSA) is 97.6 Å². The first-order valence-electron chi connectivity index (χ1n) is 9.44. The summed E-state index contributed by atoms with van der Waals surface area (Å²) < 4.78 is 38.0. The molecule has 31 heavy (non-hydrogen) atoms. The third-order valence-electron chi connectivity index (χ3n) is 4.79. The maximum Gasteiger partial charge on any atom is 0.255 e. The number of sulfonamides is 1. The van der Waals surface area contributed by atoms with E-state index >= 15 is 0 Å². The molecule has 158 valence electrons. The van der Waals surface area contributed by atoms with E-state index < -0.39 is 15.9 Å². The van der Waals surface area contributed by atoms with E-state index in [0.717, 1.165) is 16.4 Å². The predicted octanol–water partition coefficient (Wildman–Crippen LogP) is 4.31. The SMILES string of the molecule is C=CCNS(=O)(=O)c1ccc(C(=O)Nc2cc3oc4ccccc4c3cc2OC)cc1. The Morgan fingerprint density at radius 2 is 1.81 bits per heavy atom. The molecule has 1 aromatic heterocycles. The molecule has 0 unspecified atom stereocenters. The molecule has 0 bridgehead atoms. The molecule has 0 saturated carbocycles. The zero-order valence-corrected chi connectivity index (χ0v) is 17.5. The number of fused-ring (bicyclic) bond motifs is 3. The fraction of sp³-hybridized carbons (Fsp3) is 0.0870. The standard InChI is InChI=1S/C23H20N2O5S/c1-3-12-24-31(27,28)16-10-8-15(9-11-16)23(26)25-19-14-21-18(13-22(19)29-2)17-6-4-5-7-20(17)30-21/h3-11,13-14,24H,1,12H2,2H3,(H,25,26). The number of carbonyl (C=O) groups is 1. The molecule has 7 nitrogen and oxygen atoms in total. The summed E-state index contributed by atoms with van der Waals surface area (Å²) >= 11 is 0. The molecule has 2 N–H and O–H groups in total. The minimum absolute atomic E-state index is 0.0622. The first-order valence-corrected chi connectivity index (χ1v) is 10.9. The van der Waals surface area contributed by atoms with Crippen molar-refractivity contribution in [3.8, 4) is 5.75 Å². The second kappa shape index (κ2) is 8.25. The highest BCUT2D eigenvalue weighted by Gasteiger charge is 2.17. The van der Waals surface area contributed by atoms with Gasteiger partial charge in [0, 0.05) is 28.9 Å². The molecule has 0 atom stereocenters. The van der Waals surface area contributed by atoms with Gasteiger partial charge in [0.2, 0.25) is 10.0 Å². The van der Waals surface area contributed by atoms with Gasteiger partial charge >= 0.3 is 0 Å². The second-order valence-electron chi connectivity index (χ2n) is 6.77. The highest BCUT2D eigenvalue weighted by Crippen LogP contribution is 2.36. The average Bonchev–Trinajstić information content (AvgIpc) is 3.14. The summed E-state index contributed by atoms with van der Waals surface area (Å²) in [7, 11) is -2.13. The number of para-hydroxylation sites is 1. The Balaban J connectivity index is 1.62. The Morgan fingerprint density at radius 3 is 2.52 bits per heavy atom. The maximum absolute atomic E-state index is 12.7. The van der Waals surface area contributed by atoms with Crippen LogP contribution < -0.4 is 14.8 Å². The summed E-state index contributed by atoms with van der Waals surface area (Å²) in [4.78, 5) is 12.8. The van der Waals surface area contributed by atoms with E-state index in [4.69, 9.17) is 9.15 Å². The summed E-state index contributed by atoms with van der Waals surface area (Å²) in [5, 5.41) is 4.64. The van der Waals surface area contributed by atoms with Gasteiger partial charge in [-0.05, 0) is 36.4 Å². The first kappa shape index (κ1) is 20.6. The molecule has 1 amide bonds. The van der Waals surface area contributed by atoms with E-state index in [0.29, 0.717) is 22.6 Å². The average molecular weight is 436 g/mol. The number of hydrogen-bond donors (Lipinski definition) is 2. The lowest BCUT2D eigenvalue weighted by Gasteiger charge is -2.11. The van der Waals surface area contributed by atoms with E-state index in [1.54, 1.807) is 6.07 Å². The zero-order chi connectivity index (χ0) is 22.0. The Kier molecular flexibility index (Phi) is 5.50. The van der Waals surface area contributed by atoms with Crippen LogP contribution in [-0.2, 0) is 10.0 Å². The number of benzene rings is 3. The number of amides is 1. The van der Waals surface area contributed by atoms with Crippen LogP contribution in [0.2, 0.25) is 0 Å². The number of furan rings is 1. The minimum Gasteiger partial charge on any atom is -0.495 e. The molecule has 0 aliphatic rings. The zero-order valence-electron chi connectivity index (χ0n) is 16.7. The molecule has 0 aliphatic heterocycles. The minimum atomic E-state index is -3.66. The van der Waals surface area contributed by atoms with Crippen LogP contribution in [-0.4, -0.2) is 28.0 Å². The van der Waals surface area contributed by atoms with Gasteiger partial charge in [0.1, 0.15) is 16.9 Å². The lowest BCUT2D eigenvalue weighted by atomic mass is 10.1. The molecule has 0 saturated heterocycles. The van der Waals surface area contributed by atoms with Gasteiger partial charge < -0.3 is 14.5 Å². The molecule has 3 aromatic carbocycles. The van der Waals surface area contributed by atoms with Crippen LogP contribution in [0.3, 0.4) is 0 Å². The normalized spacial score (nSPS) is 11.5.